The molecule has 1 fully saturated rings. The lowest BCUT2D eigenvalue weighted by molar-refractivity contribution is 0.606. The maximum absolute atomic E-state index is 13.8. The third-order valence-corrected chi connectivity index (χ3v) is 3.30. The van der Waals surface area contributed by atoms with Gasteiger partial charge >= 0.3 is 0 Å². The summed E-state index contributed by atoms with van der Waals surface area (Å²) in [4.78, 5) is 1.97. The molecule has 2 rings (SSSR count). The lowest BCUT2D eigenvalue weighted by Gasteiger charge is -2.18. The topological polar surface area (TPSA) is 49.4 Å². The van der Waals surface area contributed by atoms with Crippen molar-refractivity contribution in [2.75, 3.05) is 29.0 Å². The van der Waals surface area contributed by atoms with Gasteiger partial charge in [0.05, 0.1) is 17.6 Å². The number of nitrogens with one attached hydrogen (secondary N) is 1. The molecule has 1 aromatic carbocycles. The average molecular weight is 258 g/mol. The monoisotopic (exact) mass is 258 g/mol. The molecule has 0 atom stereocenters. The Morgan fingerprint density at radius 2 is 1.94 bits per heavy atom. The number of halogens is 1. The van der Waals surface area contributed by atoms with Crippen molar-refractivity contribution < 1.29 is 12.8 Å². The molecule has 0 radical (unpaired) electrons. The van der Waals surface area contributed by atoms with E-state index in [4.69, 9.17) is 0 Å². The van der Waals surface area contributed by atoms with Gasteiger partial charge in [0.1, 0.15) is 5.82 Å². The zero-order valence-corrected chi connectivity index (χ0v) is 10.4. The number of hydrogen-bond donors (Lipinski definition) is 1. The van der Waals surface area contributed by atoms with Gasteiger partial charge in [-0.1, -0.05) is 0 Å². The van der Waals surface area contributed by atoms with Gasteiger partial charge in [0.25, 0.3) is 0 Å². The first kappa shape index (κ1) is 12.2. The van der Waals surface area contributed by atoms with Gasteiger partial charge in [-0.2, -0.15) is 0 Å². The molecule has 4 nitrogen and oxygen atoms in total. The fourth-order valence-electron chi connectivity index (χ4n) is 2.00. The largest absolute Gasteiger partial charge is 0.369 e. The molecule has 0 aliphatic carbocycles. The molecule has 0 bridgehead atoms. The third-order valence-electron chi connectivity index (χ3n) is 2.70. The van der Waals surface area contributed by atoms with Gasteiger partial charge in [-0.15, -0.1) is 0 Å². The van der Waals surface area contributed by atoms with E-state index in [1.54, 1.807) is 12.1 Å². The predicted molar refractivity (Wildman–Crippen MR) is 66.3 cm³/mol. The first-order valence-electron chi connectivity index (χ1n) is 5.48. The zero-order valence-electron chi connectivity index (χ0n) is 9.61. The normalized spacial score (nSPS) is 16.2. The van der Waals surface area contributed by atoms with Gasteiger partial charge in [0.2, 0.25) is 10.0 Å². The van der Waals surface area contributed by atoms with Crippen molar-refractivity contribution in [3.05, 3.63) is 24.0 Å². The van der Waals surface area contributed by atoms with E-state index >= 15 is 0 Å². The van der Waals surface area contributed by atoms with Crippen LogP contribution < -0.4 is 9.62 Å². The van der Waals surface area contributed by atoms with Crippen molar-refractivity contribution in [3.63, 3.8) is 0 Å². The molecule has 17 heavy (non-hydrogen) atoms. The minimum absolute atomic E-state index is 0.257. The molecule has 0 unspecified atom stereocenters. The van der Waals surface area contributed by atoms with E-state index in [0.29, 0.717) is 5.69 Å². The van der Waals surface area contributed by atoms with Crippen molar-refractivity contribution in [2.24, 2.45) is 0 Å². The number of sulfonamides is 1. The second-order valence-corrected chi connectivity index (χ2v) is 5.98. The van der Waals surface area contributed by atoms with Crippen LogP contribution in [0, 0.1) is 5.82 Å². The highest BCUT2D eigenvalue weighted by Crippen LogP contribution is 2.26. The van der Waals surface area contributed by atoms with E-state index < -0.39 is 10.0 Å². The fraction of sp³-hybridized carbons (Fsp3) is 0.455. The van der Waals surface area contributed by atoms with Gasteiger partial charge in [0, 0.05) is 19.2 Å². The Hall–Kier alpha value is -1.30. The Morgan fingerprint density at radius 3 is 2.47 bits per heavy atom. The van der Waals surface area contributed by atoms with Crippen LogP contribution >= 0.6 is 0 Å². The Balaban J connectivity index is 2.22. The first-order chi connectivity index (χ1) is 7.96. The fourth-order valence-corrected chi connectivity index (χ4v) is 2.55. The van der Waals surface area contributed by atoms with Crippen molar-refractivity contribution in [1.29, 1.82) is 0 Å². The van der Waals surface area contributed by atoms with Crippen LogP contribution in [0.2, 0.25) is 0 Å². The molecule has 1 N–H and O–H groups in total. The van der Waals surface area contributed by atoms with Crippen LogP contribution in [0.15, 0.2) is 18.2 Å². The quantitative estimate of drug-likeness (QED) is 0.899. The summed E-state index contributed by atoms with van der Waals surface area (Å²) in [5, 5.41) is 0. The van der Waals surface area contributed by atoms with Gasteiger partial charge in [0.15, 0.2) is 0 Å². The molecule has 0 aromatic heterocycles. The van der Waals surface area contributed by atoms with Crippen LogP contribution in [-0.2, 0) is 10.0 Å². The van der Waals surface area contributed by atoms with E-state index in [1.165, 1.54) is 6.07 Å². The molecular formula is C11H15FN2O2S. The van der Waals surface area contributed by atoms with Crippen molar-refractivity contribution in [1.82, 2.24) is 0 Å². The Bertz CT molecular complexity index is 510. The molecular weight excluding hydrogens is 243 g/mol. The summed E-state index contributed by atoms with van der Waals surface area (Å²) in [6.45, 7) is 1.71. The second kappa shape index (κ2) is 4.52. The maximum Gasteiger partial charge on any atom is 0.229 e. The minimum atomic E-state index is -3.36. The summed E-state index contributed by atoms with van der Waals surface area (Å²) in [6.07, 6.45) is 3.19. The Morgan fingerprint density at radius 1 is 1.29 bits per heavy atom. The molecule has 1 aliphatic heterocycles. The summed E-state index contributed by atoms with van der Waals surface area (Å²) in [7, 11) is -3.36. The molecule has 1 aliphatic rings. The number of benzene rings is 1. The van der Waals surface area contributed by atoms with E-state index in [9.17, 15) is 12.8 Å². The van der Waals surface area contributed by atoms with Crippen LogP contribution in [0.4, 0.5) is 15.8 Å². The predicted octanol–water partition coefficient (Wildman–Crippen LogP) is 1.80. The van der Waals surface area contributed by atoms with Crippen LogP contribution in [0.25, 0.3) is 0 Å². The van der Waals surface area contributed by atoms with Gasteiger partial charge < -0.3 is 4.90 Å². The molecule has 94 valence electrons. The van der Waals surface area contributed by atoms with Gasteiger partial charge in [-0.25, -0.2) is 12.8 Å². The zero-order chi connectivity index (χ0) is 12.5. The summed E-state index contributed by atoms with van der Waals surface area (Å²) >= 11 is 0. The lowest BCUT2D eigenvalue weighted by atomic mass is 10.2. The number of rotatable bonds is 3. The van der Waals surface area contributed by atoms with Crippen LogP contribution in [0.1, 0.15) is 12.8 Å². The molecule has 0 amide bonds. The van der Waals surface area contributed by atoms with Crippen LogP contribution in [0.5, 0.6) is 0 Å². The molecule has 1 saturated heterocycles. The average Bonchev–Trinajstić information content (AvgIpc) is 2.68. The molecule has 1 aromatic rings. The van der Waals surface area contributed by atoms with Gasteiger partial charge in [-0.3, -0.25) is 4.72 Å². The second-order valence-electron chi connectivity index (χ2n) is 4.23. The first-order valence-corrected chi connectivity index (χ1v) is 7.37. The number of anilines is 2. The van der Waals surface area contributed by atoms with Crippen molar-refractivity contribution in [3.8, 4) is 0 Å². The van der Waals surface area contributed by atoms with Crippen LogP contribution in [-0.4, -0.2) is 27.8 Å². The number of nitrogens with zero attached hydrogens (tertiary/aromatic N) is 1. The Kier molecular flexibility index (Phi) is 3.24. The Labute approximate surface area is 100 Å². The molecule has 6 heteroatoms. The van der Waals surface area contributed by atoms with E-state index in [2.05, 4.69) is 4.72 Å². The molecule has 1 heterocycles. The minimum Gasteiger partial charge on any atom is -0.369 e. The van der Waals surface area contributed by atoms with Gasteiger partial charge in [-0.05, 0) is 25.0 Å². The smallest absolute Gasteiger partial charge is 0.229 e. The standard InChI is InChI=1S/C11H15FN2O2S/c1-17(15,16)13-9-4-5-11(10(12)8-9)14-6-2-3-7-14/h4-5,8,13H,2-3,6-7H2,1H3. The highest BCUT2D eigenvalue weighted by atomic mass is 32.2. The van der Waals surface area contributed by atoms with E-state index in [0.717, 1.165) is 32.2 Å². The third kappa shape index (κ3) is 3.09. The molecule has 0 spiro atoms. The molecule has 0 saturated carbocycles. The summed E-state index contributed by atoms with van der Waals surface area (Å²) < 4.78 is 38.1. The van der Waals surface area contributed by atoms with Crippen molar-refractivity contribution >= 4 is 21.4 Å². The summed E-state index contributed by atoms with van der Waals surface area (Å²) in [5.74, 6) is -0.388. The summed E-state index contributed by atoms with van der Waals surface area (Å²) in [5.41, 5.74) is 0.800. The highest BCUT2D eigenvalue weighted by Gasteiger charge is 2.16. The highest BCUT2D eigenvalue weighted by molar-refractivity contribution is 7.92. The summed E-state index contributed by atoms with van der Waals surface area (Å²) in [6, 6.07) is 4.42. The lowest BCUT2D eigenvalue weighted by Crippen LogP contribution is -2.19. The van der Waals surface area contributed by atoms with Crippen LogP contribution in [0.3, 0.4) is 0 Å². The van der Waals surface area contributed by atoms with E-state index in [-0.39, 0.29) is 11.5 Å². The maximum atomic E-state index is 13.8. The number of hydrogen-bond acceptors (Lipinski definition) is 3. The SMILES string of the molecule is CS(=O)(=O)Nc1ccc(N2CCCC2)c(F)c1. The van der Waals surface area contributed by atoms with E-state index in [1.807, 2.05) is 4.90 Å². The van der Waals surface area contributed by atoms with Crippen molar-refractivity contribution in [2.45, 2.75) is 12.8 Å².